The maximum Gasteiger partial charge on any atom is 0.220 e. The Labute approximate surface area is 145 Å². The molecule has 4 nitrogen and oxygen atoms in total. The van der Waals surface area contributed by atoms with Gasteiger partial charge >= 0.3 is 0 Å². The number of halogens is 2. The summed E-state index contributed by atoms with van der Waals surface area (Å²) in [6.45, 7) is 1.66. The van der Waals surface area contributed by atoms with Crippen molar-refractivity contribution in [3.63, 3.8) is 0 Å². The average Bonchev–Trinajstić information content (AvgIpc) is 2.59. The van der Waals surface area contributed by atoms with E-state index in [0.29, 0.717) is 17.9 Å². The van der Waals surface area contributed by atoms with Gasteiger partial charge in [-0.3, -0.25) is 4.79 Å². The normalized spacial score (nSPS) is 11.7. The summed E-state index contributed by atoms with van der Waals surface area (Å²) in [4.78, 5) is 12.1. The topological polar surface area (TPSA) is 47.6 Å². The molecule has 0 spiro atoms. The van der Waals surface area contributed by atoms with Gasteiger partial charge in [-0.15, -0.1) is 0 Å². The molecule has 2 rings (SSSR count). The van der Waals surface area contributed by atoms with Crippen molar-refractivity contribution in [2.24, 2.45) is 0 Å². The Morgan fingerprint density at radius 1 is 1.08 bits per heavy atom. The first-order valence-electron chi connectivity index (χ1n) is 7.89. The molecule has 0 heterocycles. The third kappa shape index (κ3) is 5.17. The summed E-state index contributed by atoms with van der Waals surface area (Å²) >= 11 is 0. The first kappa shape index (κ1) is 18.7. The lowest BCUT2D eigenvalue weighted by atomic mass is 10.1. The van der Waals surface area contributed by atoms with Crippen LogP contribution in [0.4, 0.5) is 8.78 Å². The van der Waals surface area contributed by atoms with Crippen molar-refractivity contribution in [3.05, 3.63) is 59.2 Å². The maximum absolute atomic E-state index is 13.7. The number of amides is 1. The van der Waals surface area contributed by atoms with Crippen molar-refractivity contribution in [2.75, 3.05) is 14.2 Å². The second kappa shape index (κ2) is 8.46. The Bertz CT molecular complexity index is 727. The van der Waals surface area contributed by atoms with Gasteiger partial charge in [-0.25, -0.2) is 8.78 Å². The molecule has 0 aliphatic carbocycles. The van der Waals surface area contributed by atoms with E-state index in [4.69, 9.17) is 9.47 Å². The fourth-order valence-electron chi connectivity index (χ4n) is 2.51. The number of benzene rings is 2. The lowest BCUT2D eigenvalue weighted by Gasteiger charge is -2.15. The number of aryl methyl sites for hydroxylation is 1. The van der Waals surface area contributed by atoms with Gasteiger partial charge in [0.2, 0.25) is 5.91 Å². The number of hydrogen-bond acceptors (Lipinski definition) is 3. The van der Waals surface area contributed by atoms with Crippen LogP contribution < -0.4 is 14.8 Å². The molecule has 134 valence electrons. The second-order valence-corrected chi connectivity index (χ2v) is 5.68. The molecule has 0 radical (unpaired) electrons. The van der Waals surface area contributed by atoms with Gasteiger partial charge in [0.1, 0.15) is 23.1 Å². The van der Waals surface area contributed by atoms with E-state index < -0.39 is 17.7 Å². The highest BCUT2D eigenvalue weighted by Crippen LogP contribution is 2.23. The molecule has 2 aromatic rings. The van der Waals surface area contributed by atoms with Crippen LogP contribution in [0.25, 0.3) is 0 Å². The Morgan fingerprint density at radius 2 is 1.72 bits per heavy atom. The predicted molar refractivity (Wildman–Crippen MR) is 90.8 cm³/mol. The second-order valence-electron chi connectivity index (χ2n) is 5.68. The molecule has 0 aromatic heterocycles. The largest absolute Gasteiger partial charge is 0.497 e. The van der Waals surface area contributed by atoms with E-state index in [9.17, 15) is 13.6 Å². The molecular formula is C19H21F2NO3. The van der Waals surface area contributed by atoms with E-state index in [2.05, 4.69) is 5.32 Å². The molecule has 0 bridgehead atoms. The van der Waals surface area contributed by atoms with Crippen LogP contribution in [0.3, 0.4) is 0 Å². The van der Waals surface area contributed by atoms with Crippen LogP contribution in [0.2, 0.25) is 0 Å². The molecule has 0 saturated carbocycles. The fraction of sp³-hybridized carbons (Fsp3) is 0.316. The first-order valence-corrected chi connectivity index (χ1v) is 7.89. The Balaban J connectivity index is 1.96. The highest BCUT2D eigenvalue weighted by Gasteiger charge is 2.14. The minimum Gasteiger partial charge on any atom is -0.497 e. The van der Waals surface area contributed by atoms with Gasteiger partial charge in [-0.1, -0.05) is 6.07 Å². The molecular weight excluding hydrogens is 328 g/mol. The Hall–Kier alpha value is -2.63. The number of hydrogen-bond donors (Lipinski definition) is 1. The Morgan fingerprint density at radius 3 is 2.28 bits per heavy atom. The monoisotopic (exact) mass is 349 g/mol. The van der Waals surface area contributed by atoms with Gasteiger partial charge < -0.3 is 14.8 Å². The molecule has 6 heteroatoms. The third-order valence-electron chi connectivity index (χ3n) is 3.86. The zero-order valence-corrected chi connectivity index (χ0v) is 14.4. The van der Waals surface area contributed by atoms with E-state index in [0.717, 1.165) is 11.6 Å². The van der Waals surface area contributed by atoms with Gasteiger partial charge in [-0.05, 0) is 37.1 Å². The minimum atomic E-state index is -0.676. The van der Waals surface area contributed by atoms with E-state index >= 15 is 0 Å². The zero-order chi connectivity index (χ0) is 18.4. The lowest BCUT2D eigenvalue weighted by Crippen LogP contribution is -2.27. The van der Waals surface area contributed by atoms with E-state index in [1.54, 1.807) is 27.2 Å². The van der Waals surface area contributed by atoms with Gasteiger partial charge in [0.25, 0.3) is 0 Å². The molecule has 1 atom stereocenters. The summed E-state index contributed by atoms with van der Waals surface area (Å²) in [7, 11) is 3.12. The summed E-state index contributed by atoms with van der Waals surface area (Å²) in [5.41, 5.74) is 1.14. The number of ether oxygens (including phenoxy) is 2. The van der Waals surface area contributed by atoms with Crippen molar-refractivity contribution in [1.29, 1.82) is 0 Å². The number of rotatable bonds is 7. The Kier molecular flexibility index (Phi) is 6.33. The number of methoxy groups -OCH3 is 2. The van der Waals surface area contributed by atoms with Crippen molar-refractivity contribution in [2.45, 2.75) is 25.8 Å². The van der Waals surface area contributed by atoms with Gasteiger partial charge in [0, 0.05) is 24.1 Å². The third-order valence-corrected chi connectivity index (χ3v) is 3.86. The van der Waals surface area contributed by atoms with Gasteiger partial charge in [0.15, 0.2) is 0 Å². The number of carbonyl (C=O) groups is 1. The smallest absolute Gasteiger partial charge is 0.220 e. The minimum absolute atomic E-state index is 0.224. The maximum atomic E-state index is 13.7. The van der Waals surface area contributed by atoms with Crippen LogP contribution in [-0.4, -0.2) is 20.1 Å². The molecule has 0 fully saturated rings. The van der Waals surface area contributed by atoms with E-state index in [1.165, 1.54) is 12.1 Å². The average molecular weight is 349 g/mol. The molecule has 1 N–H and O–H groups in total. The van der Waals surface area contributed by atoms with Crippen LogP contribution in [0, 0.1) is 11.6 Å². The van der Waals surface area contributed by atoms with Crippen molar-refractivity contribution >= 4 is 5.91 Å². The van der Waals surface area contributed by atoms with Crippen molar-refractivity contribution in [3.8, 4) is 11.5 Å². The standard InChI is InChI=1S/C19H21F2NO3/c1-12(17-6-5-14(20)10-18(17)21)22-19(23)7-4-13-8-15(24-2)11-16(9-13)25-3/h5-6,8-12H,4,7H2,1-3H3,(H,22,23). The lowest BCUT2D eigenvalue weighted by molar-refractivity contribution is -0.121. The van der Waals surface area contributed by atoms with Crippen LogP contribution in [-0.2, 0) is 11.2 Å². The van der Waals surface area contributed by atoms with Crippen LogP contribution >= 0.6 is 0 Å². The molecule has 1 amide bonds. The highest BCUT2D eigenvalue weighted by atomic mass is 19.1. The van der Waals surface area contributed by atoms with Gasteiger partial charge in [0.05, 0.1) is 20.3 Å². The number of nitrogens with one attached hydrogen (secondary N) is 1. The predicted octanol–water partition coefficient (Wildman–Crippen LogP) is 3.79. The van der Waals surface area contributed by atoms with Crippen molar-refractivity contribution in [1.82, 2.24) is 5.32 Å². The summed E-state index contributed by atoms with van der Waals surface area (Å²) in [6, 6.07) is 8.18. The summed E-state index contributed by atoms with van der Waals surface area (Å²) in [5.74, 6) is -0.247. The summed E-state index contributed by atoms with van der Waals surface area (Å²) in [5, 5.41) is 2.72. The number of carbonyl (C=O) groups excluding carboxylic acids is 1. The van der Waals surface area contributed by atoms with Crippen LogP contribution in [0.15, 0.2) is 36.4 Å². The quantitative estimate of drug-likeness (QED) is 0.827. The van der Waals surface area contributed by atoms with Gasteiger partial charge in [-0.2, -0.15) is 0 Å². The summed E-state index contributed by atoms with van der Waals surface area (Å²) in [6.07, 6.45) is 0.710. The van der Waals surface area contributed by atoms with E-state index in [-0.39, 0.29) is 17.9 Å². The molecule has 25 heavy (non-hydrogen) atoms. The molecule has 1 unspecified atom stereocenters. The molecule has 2 aromatic carbocycles. The first-order chi connectivity index (χ1) is 11.9. The SMILES string of the molecule is COc1cc(CCC(=O)NC(C)c2ccc(F)cc2F)cc(OC)c1. The molecule has 0 aliphatic rings. The highest BCUT2D eigenvalue weighted by molar-refractivity contribution is 5.76. The van der Waals surface area contributed by atoms with Crippen LogP contribution in [0.5, 0.6) is 11.5 Å². The van der Waals surface area contributed by atoms with Crippen molar-refractivity contribution < 1.29 is 23.0 Å². The molecule has 0 aliphatic heterocycles. The van der Waals surface area contributed by atoms with E-state index in [1.807, 2.05) is 12.1 Å². The summed E-state index contributed by atoms with van der Waals surface area (Å²) < 4.78 is 37.1. The fourth-order valence-corrected chi connectivity index (χ4v) is 2.51. The zero-order valence-electron chi connectivity index (χ0n) is 14.4. The molecule has 0 saturated heterocycles. The van der Waals surface area contributed by atoms with Crippen LogP contribution in [0.1, 0.15) is 30.5 Å².